The number of rotatable bonds is 5. The molecule has 0 atom stereocenters. The van der Waals surface area contributed by atoms with E-state index in [1.165, 1.54) is 30.5 Å². The maximum Gasteiger partial charge on any atom is 0.318 e. The first-order valence-electron chi connectivity index (χ1n) is 8.12. The Kier molecular flexibility index (Phi) is 5.77. The molecule has 0 bridgehead atoms. The minimum atomic E-state index is -0.323. The van der Waals surface area contributed by atoms with Crippen LogP contribution in [0, 0.1) is 5.82 Å². The predicted molar refractivity (Wildman–Crippen MR) is 104 cm³/mol. The van der Waals surface area contributed by atoms with Crippen LogP contribution in [0.5, 0.6) is 0 Å². The van der Waals surface area contributed by atoms with Gasteiger partial charge in [0.2, 0.25) is 5.91 Å². The molecule has 0 saturated heterocycles. The van der Waals surface area contributed by atoms with Crippen molar-refractivity contribution in [1.82, 2.24) is 10.3 Å². The molecular formula is C19H17FN4O2S. The molecule has 2 aromatic carbocycles. The van der Waals surface area contributed by atoms with Crippen LogP contribution in [0.25, 0.3) is 10.6 Å². The number of hydrogen-bond donors (Lipinski definition) is 3. The molecule has 3 aromatic rings. The average Bonchev–Trinajstić information content (AvgIpc) is 3.11. The van der Waals surface area contributed by atoms with Crippen LogP contribution in [0.1, 0.15) is 5.69 Å². The Morgan fingerprint density at radius 1 is 1.07 bits per heavy atom. The normalized spacial score (nSPS) is 10.3. The summed E-state index contributed by atoms with van der Waals surface area (Å²) in [5.41, 5.74) is 2.54. The second-order valence-electron chi connectivity index (χ2n) is 5.66. The van der Waals surface area contributed by atoms with E-state index in [0.29, 0.717) is 27.6 Å². The van der Waals surface area contributed by atoms with E-state index in [-0.39, 0.29) is 24.2 Å². The highest BCUT2D eigenvalue weighted by Gasteiger charge is 2.10. The lowest BCUT2D eigenvalue weighted by molar-refractivity contribution is -0.115. The number of carbonyl (C=O) groups excluding carboxylic acids is 2. The third kappa shape index (κ3) is 5.11. The summed E-state index contributed by atoms with van der Waals surface area (Å²) in [4.78, 5) is 27.9. The van der Waals surface area contributed by atoms with Gasteiger partial charge in [0, 0.05) is 29.4 Å². The number of nitrogens with one attached hydrogen (secondary N) is 3. The van der Waals surface area contributed by atoms with Crippen LogP contribution in [0.4, 0.5) is 20.6 Å². The molecule has 0 unspecified atom stereocenters. The lowest BCUT2D eigenvalue weighted by Gasteiger charge is -2.07. The van der Waals surface area contributed by atoms with Crippen molar-refractivity contribution in [3.63, 3.8) is 0 Å². The van der Waals surface area contributed by atoms with Crippen molar-refractivity contribution < 1.29 is 14.0 Å². The molecule has 0 saturated carbocycles. The number of thiazole rings is 1. The molecule has 0 spiro atoms. The van der Waals surface area contributed by atoms with Crippen molar-refractivity contribution >= 4 is 34.6 Å². The summed E-state index contributed by atoms with van der Waals surface area (Å²) in [6.07, 6.45) is 0.115. The number of anilines is 2. The zero-order chi connectivity index (χ0) is 19.2. The van der Waals surface area contributed by atoms with Gasteiger partial charge in [-0.2, -0.15) is 0 Å². The summed E-state index contributed by atoms with van der Waals surface area (Å²) in [6, 6.07) is 12.7. The first-order chi connectivity index (χ1) is 13.0. The first kappa shape index (κ1) is 18.5. The summed E-state index contributed by atoms with van der Waals surface area (Å²) in [7, 11) is 1.53. The second kappa shape index (κ2) is 8.41. The molecule has 6 nitrogen and oxygen atoms in total. The van der Waals surface area contributed by atoms with E-state index in [1.54, 1.807) is 41.8 Å². The largest absolute Gasteiger partial charge is 0.341 e. The maximum atomic E-state index is 13.3. The summed E-state index contributed by atoms with van der Waals surface area (Å²) < 4.78 is 13.3. The minimum Gasteiger partial charge on any atom is -0.341 e. The topological polar surface area (TPSA) is 83.1 Å². The third-order valence-corrected chi connectivity index (χ3v) is 4.56. The molecule has 0 fully saturated rings. The number of urea groups is 1. The molecule has 1 heterocycles. The summed E-state index contributed by atoms with van der Waals surface area (Å²) >= 11 is 1.37. The van der Waals surface area contributed by atoms with Gasteiger partial charge in [-0.05, 0) is 36.4 Å². The highest BCUT2D eigenvalue weighted by atomic mass is 32.1. The number of nitrogens with zero attached hydrogens (tertiary/aromatic N) is 1. The standard InChI is InChI=1S/C19H17FN4O2S/c1-21-19(26)24-15-7-5-14(6-8-15)22-17(25)10-16-11-27-18(23-16)12-3-2-4-13(20)9-12/h2-9,11H,10H2,1H3,(H,22,25)(H2,21,24,26). The molecule has 3 amide bonds. The molecule has 0 aliphatic heterocycles. The quantitative estimate of drug-likeness (QED) is 0.624. The van der Waals surface area contributed by atoms with Crippen molar-refractivity contribution in [1.29, 1.82) is 0 Å². The van der Waals surface area contributed by atoms with Gasteiger partial charge in [0.1, 0.15) is 10.8 Å². The number of carbonyl (C=O) groups is 2. The van der Waals surface area contributed by atoms with E-state index in [0.717, 1.165) is 0 Å². The highest BCUT2D eigenvalue weighted by Crippen LogP contribution is 2.24. The van der Waals surface area contributed by atoms with E-state index in [9.17, 15) is 14.0 Å². The molecule has 3 N–H and O–H groups in total. The molecule has 0 aliphatic carbocycles. The Bertz CT molecular complexity index is 956. The Morgan fingerprint density at radius 3 is 2.44 bits per heavy atom. The Morgan fingerprint density at radius 2 is 1.78 bits per heavy atom. The Balaban J connectivity index is 1.59. The van der Waals surface area contributed by atoms with E-state index < -0.39 is 0 Å². The SMILES string of the molecule is CNC(=O)Nc1ccc(NC(=O)Cc2csc(-c3cccc(F)c3)n2)cc1. The zero-order valence-corrected chi connectivity index (χ0v) is 15.3. The van der Waals surface area contributed by atoms with Gasteiger partial charge in [0.05, 0.1) is 12.1 Å². The van der Waals surface area contributed by atoms with E-state index in [2.05, 4.69) is 20.9 Å². The molecule has 0 radical (unpaired) electrons. The fraction of sp³-hybridized carbons (Fsp3) is 0.105. The number of halogens is 1. The van der Waals surface area contributed by atoms with Crippen LogP contribution in [-0.4, -0.2) is 24.0 Å². The van der Waals surface area contributed by atoms with Crippen molar-refractivity contribution in [3.05, 3.63) is 65.4 Å². The van der Waals surface area contributed by atoms with Gasteiger partial charge in [-0.25, -0.2) is 14.2 Å². The zero-order valence-electron chi connectivity index (χ0n) is 14.5. The van der Waals surface area contributed by atoms with E-state index in [4.69, 9.17) is 0 Å². The first-order valence-corrected chi connectivity index (χ1v) is 9.00. The minimum absolute atomic E-state index is 0.115. The molecule has 0 aliphatic rings. The van der Waals surface area contributed by atoms with Crippen LogP contribution in [0.3, 0.4) is 0 Å². The third-order valence-electron chi connectivity index (χ3n) is 3.62. The molecule has 27 heavy (non-hydrogen) atoms. The predicted octanol–water partition coefficient (Wildman–Crippen LogP) is 3.88. The fourth-order valence-corrected chi connectivity index (χ4v) is 3.16. The van der Waals surface area contributed by atoms with Crippen molar-refractivity contribution in [3.8, 4) is 10.6 Å². The molecule has 8 heteroatoms. The lowest BCUT2D eigenvalue weighted by Crippen LogP contribution is -2.24. The highest BCUT2D eigenvalue weighted by molar-refractivity contribution is 7.13. The van der Waals surface area contributed by atoms with E-state index >= 15 is 0 Å². The fourth-order valence-electron chi connectivity index (χ4n) is 2.34. The average molecular weight is 384 g/mol. The van der Waals surface area contributed by atoms with E-state index in [1.807, 2.05) is 0 Å². The lowest BCUT2D eigenvalue weighted by atomic mass is 10.2. The number of aromatic nitrogens is 1. The van der Waals surface area contributed by atoms with Crippen molar-refractivity contribution in [2.75, 3.05) is 17.7 Å². The summed E-state index contributed by atoms with van der Waals surface area (Å²) in [6.45, 7) is 0. The van der Waals surface area contributed by atoms with Gasteiger partial charge in [-0.3, -0.25) is 4.79 Å². The number of hydrogen-bond acceptors (Lipinski definition) is 4. The molecule has 3 rings (SSSR count). The van der Waals surface area contributed by atoms with Crippen LogP contribution in [-0.2, 0) is 11.2 Å². The Hall–Kier alpha value is -3.26. The number of benzene rings is 2. The van der Waals surface area contributed by atoms with Crippen LogP contribution < -0.4 is 16.0 Å². The van der Waals surface area contributed by atoms with Crippen LogP contribution >= 0.6 is 11.3 Å². The van der Waals surface area contributed by atoms with Gasteiger partial charge >= 0.3 is 6.03 Å². The van der Waals surface area contributed by atoms with Crippen molar-refractivity contribution in [2.45, 2.75) is 6.42 Å². The van der Waals surface area contributed by atoms with Crippen LogP contribution in [0.2, 0.25) is 0 Å². The molecular weight excluding hydrogens is 367 g/mol. The van der Waals surface area contributed by atoms with Crippen molar-refractivity contribution in [2.24, 2.45) is 0 Å². The summed E-state index contributed by atoms with van der Waals surface area (Å²) in [5, 5.41) is 10.3. The van der Waals surface area contributed by atoms with Gasteiger partial charge in [0.25, 0.3) is 0 Å². The van der Waals surface area contributed by atoms with Gasteiger partial charge in [-0.15, -0.1) is 11.3 Å². The van der Waals surface area contributed by atoms with Gasteiger partial charge in [0.15, 0.2) is 0 Å². The van der Waals surface area contributed by atoms with Gasteiger partial charge < -0.3 is 16.0 Å². The van der Waals surface area contributed by atoms with Crippen LogP contribution in [0.15, 0.2) is 53.9 Å². The second-order valence-corrected chi connectivity index (χ2v) is 6.52. The maximum absolute atomic E-state index is 13.3. The number of amides is 3. The monoisotopic (exact) mass is 384 g/mol. The molecule has 1 aromatic heterocycles. The van der Waals surface area contributed by atoms with Gasteiger partial charge in [-0.1, -0.05) is 12.1 Å². The smallest absolute Gasteiger partial charge is 0.318 e. The Labute approximate surface area is 159 Å². The summed E-state index contributed by atoms with van der Waals surface area (Å²) in [5.74, 6) is -0.533. The molecule has 138 valence electrons.